The van der Waals surface area contributed by atoms with E-state index in [0.717, 1.165) is 54.4 Å². The van der Waals surface area contributed by atoms with Gasteiger partial charge in [-0.2, -0.15) is 0 Å². The number of carbonyl (C=O) groups is 2. The van der Waals surface area contributed by atoms with Crippen LogP contribution in [-0.4, -0.2) is 47.8 Å². The highest BCUT2D eigenvalue weighted by Crippen LogP contribution is 2.41. The molecule has 3 aromatic rings. The molecule has 2 amide bonds. The highest BCUT2D eigenvalue weighted by Gasteiger charge is 2.51. The monoisotopic (exact) mass is 416 g/mol. The van der Waals surface area contributed by atoms with Gasteiger partial charge in [0, 0.05) is 37.1 Å². The van der Waals surface area contributed by atoms with Crippen LogP contribution in [0.5, 0.6) is 0 Å². The minimum Gasteiger partial charge on any atom is -0.451 e. The van der Waals surface area contributed by atoms with Crippen LogP contribution in [-0.2, 0) is 11.2 Å². The summed E-state index contributed by atoms with van der Waals surface area (Å²) in [6, 6.07) is 16.3. The normalized spacial score (nSPS) is 21.0. The van der Waals surface area contributed by atoms with E-state index in [0.29, 0.717) is 18.8 Å². The second-order valence-electron chi connectivity index (χ2n) is 9.09. The van der Waals surface area contributed by atoms with E-state index in [1.807, 2.05) is 60.0 Å². The van der Waals surface area contributed by atoms with E-state index >= 15 is 0 Å². The van der Waals surface area contributed by atoms with Gasteiger partial charge in [0.05, 0.1) is 5.41 Å². The summed E-state index contributed by atoms with van der Waals surface area (Å²) in [5.41, 5.74) is 3.55. The quantitative estimate of drug-likeness (QED) is 0.635. The summed E-state index contributed by atoms with van der Waals surface area (Å²) in [6.45, 7) is 6.55. The molecule has 160 valence electrons. The third-order valence-electron chi connectivity index (χ3n) is 7.04. The molecule has 5 rings (SSSR count). The second kappa shape index (κ2) is 7.56. The maximum absolute atomic E-state index is 13.3. The van der Waals surface area contributed by atoms with Crippen LogP contribution >= 0.6 is 0 Å². The van der Waals surface area contributed by atoms with Gasteiger partial charge in [-0.3, -0.25) is 9.59 Å². The predicted molar refractivity (Wildman–Crippen MR) is 120 cm³/mol. The number of amides is 2. The van der Waals surface area contributed by atoms with Gasteiger partial charge in [-0.25, -0.2) is 0 Å². The van der Waals surface area contributed by atoms with Crippen molar-refractivity contribution in [2.75, 3.05) is 26.2 Å². The second-order valence-corrected chi connectivity index (χ2v) is 9.09. The fraction of sp³-hybridized carbons (Fsp3) is 0.385. The van der Waals surface area contributed by atoms with E-state index < -0.39 is 5.41 Å². The van der Waals surface area contributed by atoms with Crippen molar-refractivity contribution in [1.82, 2.24) is 9.80 Å². The fourth-order valence-electron chi connectivity index (χ4n) is 5.12. The van der Waals surface area contributed by atoms with Gasteiger partial charge in [0.2, 0.25) is 5.91 Å². The highest BCUT2D eigenvalue weighted by molar-refractivity contribution is 5.99. The van der Waals surface area contributed by atoms with E-state index in [1.54, 1.807) is 0 Å². The molecular weight excluding hydrogens is 388 g/mol. The van der Waals surface area contributed by atoms with Crippen molar-refractivity contribution >= 4 is 22.8 Å². The molecule has 2 aromatic carbocycles. The summed E-state index contributed by atoms with van der Waals surface area (Å²) < 4.78 is 5.95. The fourth-order valence-corrected chi connectivity index (χ4v) is 5.12. The van der Waals surface area contributed by atoms with Crippen LogP contribution in [0.3, 0.4) is 0 Å². The Hall–Kier alpha value is -3.08. The van der Waals surface area contributed by atoms with Gasteiger partial charge < -0.3 is 14.2 Å². The van der Waals surface area contributed by atoms with Gasteiger partial charge >= 0.3 is 0 Å². The number of aryl methyl sites for hydroxylation is 2. The van der Waals surface area contributed by atoms with Gasteiger partial charge in [-0.1, -0.05) is 42.5 Å². The first-order valence-corrected chi connectivity index (χ1v) is 11.1. The molecule has 31 heavy (non-hydrogen) atoms. The highest BCUT2D eigenvalue weighted by atomic mass is 16.3. The van der Waals surface area contributed by atoms with Crippen LogP contribution in [0.1, 0.15) is 40.1 Å². The summed E-state index contributed by atoms with van der Waals surface area (Å²) >= 11 is 0. The molecular formula is C26H28N2O3. The van der Waals surface area contributed by atoms with Crippen molar-refractivity contribution in [3.8, 4) is 0 Å². The lowest BCUT2D eigenvalue weighted by molar-refractivity contribution is -0.135. The molecule has 0 saturated carbocycles. The number of benzene rings is 2. The van der Waals surface area contributed by atoms with Crippen LogP contribution in [0.25, 0.3) is 11.0 Å². The number of furan rings is 1. The van der Waals surface area contributed by atoms with Crippen LogP contribution in [0.15, 0.2) is 52.9 Å². The largest absolute Gasteiger partial charge is 0.451 e. The number of hydrogen-bond donors (Lipinski definition) is 0. The van der Waals surface area contributed by atoms with E-state index in [-0.39, 0.29) is 11.8 Å². The molecule has 3 heterocycles. The first-order chi connectivity index (χ1) is 15.0. The van der Waals surface area contributed by atoms with E-state index in [9.17, 15) is 9.59 Å². The molecule has 1 spiro atoms. The topological polar surface area (TPSA) is 53.8 Å². The summed E-state index contributed by atoms with van der Waals surface area (Å²) in [5, 5.41) is 0.979. The average Bonchev–Trinajstić information content (AvgIpc) is 3.44. The Labute approximate surface area is 182 Å². The van der Waals surface area contributed by atoms with E-state index in [4.69, 9.17) is 4.42 Å². The Morgan fingerprint density at radius 3 is 2.65 bits per heavy atom. The Balaban J connectivity index is 1.29. The third kappa shape index (κ3) is 3.42. The van der Waals surface area contributed by atoms with Gasteiger partial charge in [0.1, 0.15) is 5.58 Å². The summed E-state index contributed by atoms with van der Waals surface area (Å²) in [7, 11) is 0. The molecule has 0 radical (unpaired) electrons. The molecule has 0 aliphatic carbocycles. The van der Waals surface area contributed by atoms with Gasteiger partial charge in [0.25, 0.3) is 5.91 Å². The first-order valence-electron chi connectivity index (χ1n) is 11.1. The van der Waals surface area contributed by atoms with Crippen molar-refractivity contribution in [3.63, 3.8) is 0 Å². The number of nitrogens with zero attached hydrogens (tertiary/aromatic N) is 2. The van der Waals surface area contributed by atoms with E-state index in [1.165, 1.54) is 5.56 Å². The summed E-state index contributed by atoms with van der Waals surface area (Å²) in [5.74, 6) is 0.512. The van der Waals surface area contributed by atoms with Crippen LogP contribution in [0.2, 0.25) is 0 Å². The Morgan fingerprint density at radius 2 is 1.84 bits per heavy atom. The molecule has 2 fully saturated rings. The Morgan fingerprint density at radius 1 is 1.06 bits per heavy atom. The minimum absolute atomic E-state index is 0.0984. The van der Waals surface area contributed by atoms with Crippen molar-refractivity contribution in [2.24, 2.45) is 5.41 Å². The molecule has 1 atom stereocenters. The lowest BCUT2D eigenvalue weighted by atomic mass is 9.85. The molecule has 5 nitrogen and oxygen atoms in total. The standard InChI is InChI=1S/C26H28N2O3/c1-18-8-9-21-19(2)23(31-22(21)16-18)24(29)28-15-12-26(17-28)11-14-27(25(26)30)13-10-20-6-4-3-5-7-20/h3-9,16H,10-15,17H2,1-2H3. The zero-order valence-electron chi connectivity index (χ0n) is 18.2. The first kappa shape index (κ1) is 19.9. The molecule has 2 saturated heterocycles. The average molecular weight is 417 g/mol. The Bertz CT molecular complexity index is 1150. The predicted octanol–water partition coefficient (Wildman–Crippen LogP) is 4.36. The number of carbonyl (C=O) groups excluding carboxylic acids is 2. The van der Waals surface area contributed by atoms with Crippen LogP contribution in [0, 0.1) is 19.3 Å². The third-order valence-corrected chi connectivity index (χ3v) is 7.04. The molecule has 1 aromatic heterocycles. The summed E-state index contributed by atoms with van der Waals surface area (Å²) in [6.07, 6.45) is 2.42. The SMILES string of the molecule is Cc1ccc2c(C)c(C(=O)N3CCC4(CCN(CCc5ccccc5)C4=O)C3)oc2c1. The Kier molecular flexibility index (Phi) is 4.84. The molecule has 2 aliphatic rings. The number of likely N-dealkylation sites (tertiary alicyclic amines) is 2. The zero-order chi connectivity index (χ0) is 21.6. The maximum Gasteiger partial charge on any atom is 0.289 e. The van der Waals surface area contributed by atoms with Gasteiger partial charge in [-0.15, -0.1) is 0 Å². The lowest BCUT2D eigenvalue weighted by Gasteiger charge is -2.23. The number of fused-ring (bicyclic) bond motifs is 1. The lowest BCUT2D eigenvalue weighted by Crippen LogP contribution is -2.39. The molecule has 2 aliphatic heterocycles. The van der Waals surface area contributed by atoms with Crippen LogP contribution < -0.4 is 0 Å². The smallest absolute Gasteiger partial charge is 0.289 e. The number of hydrogen-bond acceptors (Lipinski definition) is 3. The van der Waals surface area contributed by atoms with E-state index in [2.05, 4.69) is 12.1 Å². The number of rotatable bonds is 4. The van der Waals surface area contributed by atoms with Crippen molar-refractivity contribution < 1.29 is 14.0 Å². The minimum atomic E-state index is -0.428. The maximum atomic E-state index is 13.3. The van der Waals surface area contributed by atoms with Crippen molar-refractivity contribution in [2.45, 2.75) is 33.1 Å². The molecule has 1 unspecified atom stereocenters. The summed E-state index contributed by atoms with van der Waals surface area (Å²) in [4.78, 5) is 30.3. The molecule has 0 N–H and O–H groups in total. The van der Waals surface area contributed by atoms with Crippen molar-refractivity contribution in [1.29, 1.82) is 0 Å². The van der Waals surface area contributed by atoms with Gasteiger partial charge in [-0.05, 0) is 50.3 Å². The molecule has 5 heteroatoms. The molecule has 0 bridgehead atoms. The van der Waals surface area contributed by atoms with Crippen molar-refractivity contribution in [3.05, 3.63) is 71.0 Å². The van der Waals surface area contributed by atoms with Crippen LogP contribution in [0.4, 0.5) is 0 Å². The zero-order valence-corrected chi connectivity index (χ0v) is 18.2. The van der Waals surface area contributed by atoms with Gasteiger partial charge in [0.15, 0.2) is 5.76 Å².